The maximum absolute atomic E-state index is 12.3. The van der Waals surface area contributed by atoms with Crippen molar-refractivity contribution in [2.24, 2.45) is 5.73 Å². The molecule has 1 aliphatic heterocycles. The first-order valence-electron chi connectivity index (χ1n) is 5.57. The van der Waals surface area contributed by atoms with Crippen molar-refractivity contribution in [3.05, 3.63) is 33.8 Å². The third-order valence-electron chi connectivity index (χ3n) is 2.90. The number of hydrogen-bond acceptors (Lipinski definition) is 3. The zero-order valence-electron chi connectivity index (χ0n) is 10.1. The number of anilines is 1. The predicted octanol–water partition coefficient (Wildman–Crippen LogP) is 1.58. The van der Waals surface area contributed by atoms with E-state index in [4.69, 9.17) is 11.0 Å². The van der Waals surface area contributed by atoms with Gasteiger partial charge in [0.1, 0.15) is 11.6 Å². The van der Waals surface area contributed by atoms with E-state index in [1.807, 2.05) is 6.92 Å². The summed E-state index contributed by atoms with van der Waals surface area (Å²) in [4.78, 5) is 25.1. The van der Waals surface area contributed by atoms with Crippen LogP contribution in [0.5, 0.6) is 0 Å². The standard InChI is InChI=1S/C13H10BrN3O2/c1-2-17-10-4-3-7(14)5-8(10)11(13(17)19)9(6-15)12(16)18/h3-5H,2H2,1H3,(H2,16,18)/b11-9+. The van der Waals surface area contributed by atoms with Crippen LogP contribution >= 0.6 is 15.9 Å². The Balaban J connectivity index is 2.80. The van der Waals surface area contributed by atoms with Crippen molar-refractivity contribution in [3.63, 3.8) is 0 Å². The summed E-state index contributed by atoms with van der Waals surface area (Å²) in [6, 6.07) is 7.00. The smallest absolute Gasteiger partial charge is 0.260 e. The van der Waals surface area contributed by atoms with E-state index >= 15 is 0 Å². The number of carbonyl (C=O) groups excluding carboxylic acids is 2. The number of amides is 2. The van der Waals surface area contributed by atoms with Gasteiger partial charge in [0.2, 0.25) is 0 Å². The number of nitrogens with two attached hydrogens (primary N) is 1. The number of carbonyl (C=O) groups is 2. The number of halogens is 1. The van der Waals surface area contributed by atoms with E-state index in [0.29, 0.717) is 17.8 Å². The number of likely N-dealkylation sites (N-methyl/N-ethyl adjacent to an activating group) is 1. The van der Waals surface area contributed by atoms with Gasteiger partial charge in [0.05, 0.1) is 11.3 Å². The zero-order valence-corrected chi connectivity index (χ0v) is 11.7. The van der Waals surface area contributed by atoms with Crippen molar-refractivity contribution < 1.29 is 9.59 Å². The molecule has 0 aliphatic carbocycles. The maximum Gasteiger partial charge on any atom is 0.260 e. The number of nitrogens with zero attached hydrogens (tertiary/aromatic N) is 2. The lowest BCUT2D eigenvalue weighted by Crippen LogP contribution is -2.27. The highest BCUT2D eigenvalue weighted by molar-refractivity contribution is 9.10. The summed E-state index contributed by atoms with van der Waals surface area (Å²) in [5.74, 6) is -1.26. The molecule has 0 fully saturated rings. The second-order valence-electron chi connectivity index (χ2n) is 3.94. The fourth-order valence-electron chi connectivity index (χ4n) is 2.09. The third kappa shape index (κ3) is 2.02. The Morgan fingerprint density at radius 3 is 2.74 bits per heavy atom. The van der Waals surface area contributed by atoms with E-state index in [1.165, 1.54) is 4.90 Å². The van der Waals surface area contributed by atoms with Crippen molar-refractivity contribution in [1.82, 2.24) is 0 Å². The highest BCUT2D eigenvalue weighted by Crippen LogP contribution is 2.39. The second-order valence-corrected chi connectivity index (χ2v) is 4.85. The Morgan fingerprint density at radius 2 is 2.21 bits per heavy atom. The molecule has 2 rings (SSSR count). The Bertz CT molecular complexity index is 658. The number of rotatable bonds is 2. The van der Waals surface area contributed by atoms with Gasteiger partial charge in [-0.15, -0.1) is 0 Å². The molecule has 2 N–H and O–H groups in total. The summed E-state index contributed by atoms with van der Waals surface area (Å²) in [6.45, 7) is 2.28. The van der Waals surface area contributed by atoms with E-state index in [0.717, 1.165) is 4.47 Å². The van der Waals surface area contributed by atoms with Crippen molar-refractivity contribution >= 4 is 39.0 Å². The van der Waals surface area contributed by atoms with Gasteiger partial charge >= 0.3 is 0 Å². The lowest BCUT2D eigenvalue weighted by molar-refractivity contribution is -0.115. The number of hydrogen-bond donors (Lipinski definition) is 1. The van der Waals surface area contributed by atoms with E-state index in [2.05, 4.69) is 15.9 Å². The average molecular weight is 320 g/mol. The van der Waals surface area contributed by atoms with Crippen LogP contribution in [0.1, 0.15) is 12.5 Å². The summed E-state index contributed by atoms with van der Waals surface area (Å²) in [5, 5.41) is 9.04. The molecule has 0 atom stereocenters. The molecule has 0 unspecified atom stereocenters. The molecule has 0 saturated carbocycles. The lowest BCUT2D eigenvalue weighted by atomic mass is 10.0. The molecule has 5 nitrogen and oxygen atoms in total. The zero-order chi connectivity index (χ0) is 14.2. The van der Waals surface area contributed by atoms with Crippen molar-refractivity contribution in [2.75, 3.05) is 11.4 Å². The molecule has 0 spiro atoms. The number of primary amides is 1. The molecule has 1 aromatic carbocycles. The third-order valence-corrected chi connectivity index (χ3v) is 3.40. The van der Waals surface area contributed by atoms with Crippen LogP contribution in [0.25, 0.3) is 5.57 Å². The Labute approximate surface area is 118 Å². The van der Waals surface area contributed by atoms with Gasteiger partial charge in [0.25, 0.3) is 11.8 Å². The fourth-order valence-corrected chi connectivity index (χ4v) is 2.45. The van der Waals surface area contributed by atoms with Crippen LogP contribution in [0, 0.1) is 11.3 Å². The summed E-state index contributed by atoms with van der Waals surface area (Å²) in [7, 11) is 0. The van der Waals surface area contributed by atoms with E-state index in [9.17, 15) is 9.59 Å². The summed E-state index contributed by atoms with van der Waals surface area (Å²) >= 11 is 3.31. The molecule has 2 amide bonds. The Hall–Kier alpha value is -2.13. The summed E-state index contributed by atoms with van der Waals surface area (Å²) < 4.78 is 0.760. The Kier molecular flexibility index (Phi) is 3.40. The molecule has 1 aromatic rings. The van der Waals surface area contributed by atoms with Gasteiger partial charge in [-0.25, -0.2) is 0 Å². The van der Waals surface area contributed by atoms with E-state index < -0.39 is 5.91 Å². The molecule has 96 valence electrons. The minimum absolute atomic E-state index is 0.0770. The SMILES string of the molecule is CCN1C(=O)/C(=C(\C#N)C(N)=O)c2cc(Br)ccc21. The first-order valence-corrected chi connectivity index (χ1v) is 6.36. The van der Waals surface area contributed by atoms with Gasteiger partial charge in [-0.1, -0.05) is 15.9 Å². The van der Waals surface area contributed by atoms with Crippen LogP contribution < -0.4 is 10.6 Å². The largest absolute Gasteiger partial charge is 0.365 e. The maximum atomic E-state index is 12.3. The topological polar surface area (TPSA) is 87.2 Å². The van der Waals surface area contributed by atoms with Gasteiger partial charge in [0.15, 0.2) is 0 Å². The minimum Gasteiger partial charge on any atom is -0.365 e. The first kappa shape index (κ1) is 13.3. The van der Waals surface area contributed by atoms with E-state index in [-0.39, 0.29) is 17.1 Å². The van der Waals surface area contributed by atoms with Crippen LogP contribution in [-0.2, 0) is 9.59 Å². The summed E-state index contributed by atoms with van der Waals surface area (Å²) in [6.07, 6.45) is 0. The van der Waals surface area contributed by atoms with E-state index in [1.54, 1.807) is 24.3 Å². The molecule has 19 heavy (non-hydrogen) atoms. The van der Waals surface area contributed by atoms with Gasteiger partial charge in [-0.2, -0.15) is 5.26 Å². The molecular formula is C13H10BrN3O2. The minimum atomic E-state index is -0.894. The molecule has 1 aliphatic rings. The van der Waals surface area contributed by atoms with Crippen LogP contribution in [0.2, 0.25) is 0 Å². The number of benzene rings is 1. The average Bonchev–Trinajstić information content (AvgIpc) is 2.62. The van der Waals surface area contributed by atoms with Gasteiger partial charge < -0.3 is 10.6 Å². The highest BCUT2D eigenvalue weighted by Gasteiger charge is 2.35. The molecular weight excluding hydrogens is 310 g/mol. The van der Waals surface area contributed by atoms with Crippen LogP contribution in [0.4, 0.5) is 5.69 Å². The molecule has 0 saturated heterocycles. The molecule has 1 heterocycles. The lowest BCUT2D eigenvalue weighted by Gasteiger charge is -2.13. The molecule has 6 heteroatoms. The summed E-state index contributed by atoms with van der Waals surface area (Å²) in [5.41, 5.74) is 6.17. The molecule has 0 bridgehead atoms. The van der Waals surface area contributed by atoms with Crippen LogP contribution in [0.15, 0.2) is 28.2 Å². The predicted molar refractivity (Wildman–Crippen MR) is 73.9 cm³/mol. The van der Waals surface area contributed by atoms with Gasteiger partial charge in [-0.05, 0) is 25.1 Å². The van der Waals surface area contributed by atoms with Gasteiger partial charge in [-0.3, -0.25) is 9.59 Å². The second kappa shape index (κ2) is 4.86. The fraction of sp³-hybridized carbons (Fsp3) is 0.154. The first-order chi connectivity index (χ1) is 9.01. The monoisotopic (exact) mass is 319 g/mol. The number of nitriles is 1. The molecule has 0 radical (unpaired) electrons. The van der Waals surface area contributed by atoms with Crippen LogP contribution in [-0.4, -0.2) is 18.4 Å². The van der Waals surface area contributed by atoms with Crippen molar-refractivity contribution in [3.8, 4) is 6.07 Å². The van der Waals surface area contributed by atoms with Gasteiger partial charge in [0, 0.05) is 16.6 Å². The van der Waals surface area contributed by atoms with Crippen molar-refractivity contribution in [2.45, 2.75) is 6.92 Å². The quantitative estimate of drug-likeness (QED) is 0.663. The Morgan fingerprint density at radius 1 is 1.53 bits per heavy atom. The number of fused-ring (bicyclic) bond motifs is 1. The normalized spacial score (nSPS) is 16.1. The van der Waals surface area contributed by atoms with Crippen molar-refractivity contribution in [1.29, 1.82) is 5.26 Å². The van der Waals surface area contributed by atoms with Crippen LogP contribution in [0.3, 0.4) is 0 Å². The highest BCUT2D eigenvalue weighted by atomic mass is 79.9. The molecule has 0 aromatic heterocycles.